The summed E-state index contributed by atoms with van der Waals surface area (Å²) in [6.07, 6.45) is 1.21. The molecule has 0 aliphatic rings. The highest BCUT2D eigenvalue weighted by molar-refractivity contribution is 7.99. The van der Waals surface area contributed by atoms with Gasteiger partial charge in [0.05, 0.1) is 0 Å². The van der Waals surface area contributed by atoms with Gasteiger partial charge in [0.25, 0.3) is 0 Å². The molecule has 0 saturated carbocycles. The van der Waals surface area contributed by atoms with Crippen molar-refractivity contribution in [3.8, 4) is 11.5 Å². The minimum atomic E-state index is -0.298. The lowest BCUT2D eigenvalue weighted by Gasteiger charge is -2.27. The monoisotopic (exact) mass is 642 g/mol. The quantitative estimate of drug-likeness (QED) is 0.177. The first-order valence-corrected chi connectivity index (χ1v) is 17.3. The van der Waals surface area contributed by atoms with Crippen LogP contribution in [0.3, 0.4) is 0 Å². The molecule has 0 heterocycles. The van der Waals surface area contributed by atoms with Crippen molar-refractivity contribution in [2.24, 2.45) is 0 Å². The standard InChI is InChI=1S/C38H58O6S/c1-35(2,3)27-21-25(33(41)29(23-27)37(7,8)9)13-15-31(39)43-17-19-45-20-18-44-32(40)16-14-26-22-28(36(4,5)6)24-30(34(26)42)38(10,11)12/h21-24,41-42H,13-20H2,1-12H3. The van der Waals surface area contributed by atoms with Gasteiger partial charge in [-0.15, -0.1) is 0 Å². The van der Waals surface area contributed by atoms with Crippen LogP contribution in [0.1, 0.15) is 129 Å². The van der Waals surface area contributed by atoms with Crippen LogP contribution in [-0.2, 0) is 53.6 Å². The second-order valence-corrected chi connectivity index (χ2v) is 17.3. The Hall–Kier alpha value is -2.67. The number of hydrogen-bond donors (Lipinski definition) is 2. The number of esters is 2. The Bertz CT molecular complexity index is 1210. The van der Waals surface area contributed by atoms with Gasteiger partial charge in [0.1, 0.15) is 24.7 Å². The fraction of sp³-hybridized carbons (Fsp3) is 0.632. The Morgan fingerprint density at radius 2 is 0.911 bits per heavy atom. The van der Waals surface area contributed by atoms with Gasteiger partial charge in [0.2, 0.25) is 0 Å². The number of carbonyl (C=O) groups excluding carboxylic acids is 2. The molecule has 0 fully saturated rings. The average molecular weight is 643 g/mol. The molecule has 0 aliphatic carbocycles. The predicted octanol–water partition coefficient (Wildman–Crippen LogP) is 8.67. The predicted molar refractivity (Wildman–Crippen MR) is 187 cm³/mol. The Kier molecular flexibility index (Phi) is 13.1. The van der Waals surface area contributed by atoms with E-state index in [0.29, 0.717) is 24.3 Å². The number of hydrogen-bond acceptors (Lipinski definition) is 7. The molecule has 252 valence electrons. The zero-order valence-electron chi connectivity index (χ0n) is 29.9. The third-order valence-electron chi connectivity index (χ3n) is 7.90. The van der Waals surface area contributed by atoms with Gasteiger partial charge in [0, 0.05) is 24.3 Å². The molecule has 45 heavy (non-hydrogen) atoms. The maximum absolute atomic E-state index is 12.4. The molecule has 2 rings (SSSR count). The van der Waals surface area contributed by atoms with Crippen LogP contribution in [0.5, 0.6) is 11.5 Å². The van der Waals surface area contributed by atoms with Crippen LogP contribution in [0.25, 0.3) is 0 Å². The summed E-state index contributed by atoms with van der Waals surface area (Å²) in [5, 5.41) is 21.9. The minimum absolute atomic E-state index is 0.0777. The van der Waals surface area contributed by atoms with Gasteiger partial charge >= 0.3 is 11.9 Å². The van der Waals surface area contributed by atoms with Crippen molar-refractivity contribution in [2.45, 2.75) is 130 Å². The molecule has 0 unspecified atom stereocenters. The first kappa shape index (κ1) is 38.5. The van der Waals surface area contributed by atoms with E-state index in [0.717, 1.165) is 33.4 Å². The zero-order chi connectivity index (χ0) is 34.4. The first-order chi connectivity index (χ1) is 20.5. The van der Waals surface area contributed by atoms with E-state index in [1.807, 2.05) is 12.1 Å². The van der Waals surface area contributed by atoms with E-state index in [2.05, 4.69) is 95.2 Å². The van der Waals surface area contributed by atoms with Crippen LogP contribution in [-0.4, -0.2) is 46.9 Å². The molecule has 0 aromatic heterocycles. The Morgan fingerprint density at radius 3 is 1.20 bits per heavy atom. The van der Waals surface area contributed by atoms with Crippen LogP contribution in [0, 0.1) is 0 Å². The number of phenols is 2. The van der Waals surface area contributed by atoms with Crippen molar-refractivity contribution in [1.82, 2.24) is 0 Å². The summed E-state index contributed by atoms with van der Waals surface area (Å²) in [6, 6.07) is 8.16. The highest BCUT2D eigenvalue weighted by Crippen LogP contribution is 2.39. The lowest BCUT2D eigenvalue weighted by Crippen LogP contribution is -2.18. The van der Waals surface area contributed by atoms with Crippen molar-refractivity contribution in [2.75, 3.05) is 24.7 Å². The molecular formula is C38H58O6S. The third-order valence-corrected chi connectivity index (χ3v) is 8.81. The molecule has 0 spiro atoms. The fourth-order valence-corrected chi connectivity index (χ4v) is 5.53. The maximum atomic E-state index is 12.4. The van der Waals surface area contributed by atoms with Gasteiger partial charge in [-0.1, -0.05) is 107 Å². The maximum Gasteiger partial charge on any atom is 0.306 e. The molecule has 0 atom stereocenters. The molecule has 2 aromatic carbocycles. The number of ether oxygens (including phenoxy) is 2. The molecule has 2 aromatic rings. The van der Waals surface area contributed by atoms with Crippen LogP contribution in [0.15, 0.2) is 24.3 Å². The molecule has 6 nitrogen and oxygen atoms in total. The fourth-order valence-electron chi connectivity index (χ4n) is 4.93. The van der Waals surface area contributed by atoms with Gasteiger partial charge in [0.15, 0.2) is 0 Å². The molecule has 0 radical (unpaired) electrons. The molecule has 7 heteroatoms. The summed E-state index contributed by atoms with van der Waals surface area (Å²) in [6.45, 7) is 25.9. The van der Waals surface area contributed by atoms with E-state index in [-0.39, 0.29) is 71.2 Å². The topological polar surface area (TPSA) is 93.1 Å². The van der Waals surface area contributed by atoms with Crippen molar-refractivity contribution in [1.29, 1.82) is 0 Å². The smallest absolute Gasteiger partial charge is 0.306 e. The van der Waals surface area contributed by atoms with Crippen LogP contribution >= 0.6 is 11.8 Å². The highest BCUT2D eigenvalue weighted by Gasteiger charge is 2.26. The van der Waals surface area contributed by atoms with E-state index in [1.165, 1.54) is 0 Å². The summed E-state index contributed by atoms with van der Waals surface area (Å²) in [5.74, 6) is 1.13. The first-order valence-electron chi connectivity index (χ1n) is 16.1. The Morgan fingerprint density at radius 1 is 0.578 bits per heavy atom. The molecule has 0 amide bonds. The number of aromatic hydroxyl groups is 2. The molecule has 0 bridgehead atoms. The summed E-state index contributed by atoms with van der Waals surface area (Å²) >= 11 is 1.56. The van der Waals surface area contributed by atoms with Crippen molar-refractivity contribution >= 4 is 23.7 Å². The molecule has 0 aliphatic heterocycles. The van der Waals surface area contributed by atoms with Crippen molar-refractivity contribution in [3.63, 3.8) is 0 Å². The average Bonchev–Trinajstić information content (AvgIpc) is 2.88. The summed E-state index contributed by atoms with van der Waals surface area (Å²) in [4.78, 5) is 24.9. The number of carbonyl (C=O) groups is 2. The number of aryl methyl sites for hydroxylation is 2. The number of benzene rings is 2. The van der Waals surface area contributed by atoms with Crippen molar-refractivity contribution in [3.05, 3.63) is 57.6 Å². The van der Waals surface area contributed by atoms with Gasteiger partial charge in [-0.2, -0.15) is 11.8 Å². The Labute approximate surface area is 276 Å². The highest BCUT2D eigenvalue weighted by atomic mass is 32.2. The zero-order valence-corrected chi connectivity index (χ0v) is 30.7. The number of thioether (sulfide) groups is 1. The molecule has 2 N–H and O–H groups in total. The van der Waals surface area contributed by atoms with E-state index < -0.39 is 0 Å². The molecule has 0 saturated heterocycles. The van der Waals surface area contributed by atoms with Crippen LogP contribution < -0.4 is 0 Å². The third kappa shape index (κ3) is 11.9. The van der Waals surface area contributed by atoms with E-state index >= 15 is 0 Å². The van der Waals surface area contributed by atoms with E-state index in [1.54, 1.807) is 11.8 Å². The van der Waals surface area contributed by atoms with Gasteiger partial charge in [-0.25, -0.2) is 0 Å². The minimum Gasteiger partial charge on any atom is -0.507 e. The van der Waals surface area contributed by atoms with Crippen LogP contribution in [0.4, 0.5) is 0 Å². The lowest BCUT2D eigenvalue weighted by atomic mass is 9.78. The number of phenolic OH excluding ortho intramolecular Hbond substituents is 2. The van der Waals surface area contributed by atoms with Crippen molar-refractivity contribution < 1.29 is 29.3 Å². The van der Waals surface area contributed by atoms with Crippen LogP contribution in [0.2, 0.25) is 0 Å². The second kappa shape index (κ2) is 15.3. The number of rotatable bonds is 12. The SMILES string of the molecule is CC(C)(C)c1cc(CCC(=O)OCCSCCOC(=O)CCc2cc(C(C)(C)C)cc(C(C)(C)C)c2O)c(O)c(C(C)(C)C)c1. The van der Waals surface area contributed by atoms with Gasteiger partial charge in [-0.3, -0.25) is 9.59 Å². The summed E-state index contributed by atoms with van der Waals surface area (Å²) in [5.41, 5.74) is 4.99. The molecular weight excluding hydrogens is 584 g/mol. The van der Waals surface area contributed by atoms with Gasteiger partial charge in [-0.05, 0) is 67.9 Å². The lowest BCUT2D eigenvalue weighted by molar-refractivity contribution is -0.143. The van der Waals surface area contributed by atoms with E-state index in [4.69, 9.17) is 9.47 Å². The van der Waals surface area contributed by atoms with Gasteiger partial charge < -0.3 is 19.7 Å². The normalized spacial score (nSPS) is 12.7. The van der Waals surface area contributed by atoms with E-state index in [9.17, 15) is 19.8 Å². The summed E-state index contributed by atoms with van der Waals surface area (Å²) in [7, 11) is 0. The Balaban J connectivity index is 1.77. The largest absolute Gasteiger partial charge is 0.507 e. The summed E-state index contributed by atoms with van der Waals surface area (Å²) < 4.78 is 10.8. The second-order valence-electron chi connectivity index (χ2n) is 16.1.